The summed E-state index contributed by atoms with van der Waals surface area (Å²) in [6.07, 6.45) is 4.33. The summed E-state index contributed by atoms with van der Waals surface area (Å²) >= 11 is 1.79. The number of rotatable bonds is 4. The van der Waals surface area contributed by atoms with E-state index in [9.17, 15) is 0 Å². The SMILES string of the molecule is CCC(c1nccs1)N1CCC(NC)C(C)C1. The zero-order valence-electron chi connectivity index (χ0n) is 11.0. The molecule has 0 radical (unpaired) electrons. The molecule has 4 heteroatoms. The summed E-state index contributed by atoms with van der Waals surface area (Å²) in [5.74, 6) is 0.725. The molecule has 0 saturated carbocycles. The normalized spacial score (nSPS) is 28.2. The molecule has 17 heavy (non-hydrogen) atoms. The summed E-state index contributed by atoms with van der Waals surface area (Å²) in [7, 11) is 2.08. The van der Waals surface area contributed by atoms with Crippen LogP contribution in [0, 0.1) is 5.92 Å². The van der Waals surface area contributed by atoms with Crippen molar-refractivity contribution in [3.8, 4) is 0 Å². The highest BCUT2D eigenvalue weighted by molar-refractivity contribution is 7.09. The molecule has 3 atom stereocenters. The quantitative estimate of drug-likeness (QED) is 0.894. The Labute approximate surface area is 108 Å². The van der Waals surface area contributed by atoms with Gasteiger partial charge in [-0.25, -0.2) is 4.98 Å². The summed E-state index contributed by atoms with van der Waals surface area (Å²) < 4.78 is 0. The van der Waals surface area contributed by atoms with Crippen molar-refractivity contribution in [1.29, 1.82) is 0 Å². The largest absolute Gasteiger partial charge is 0.317 e. The van der Waals surface area contributed by atoms with Gasteiger partial charge in [0.15, 0.2) is 0 Å². The molecular formula is C13H23N3S. The van der Waals surface area contributed by atoms with Crippen LogP contribution in [0.3, 0.4) is 0 Å². The van der Waals surface area contributed by atoms with Gasteiger partial charge in [0.05, 0.1) is 6.04 Å². The Morgan fingerprint density at radius 2 is 2.47 bits per heavy atom. The molecule has 2 heterocycles. The van der Waals surface area contributed by atoms with Crippen LogP contribution in [0.25, 0.3) is 0 Å². The van der Waals surface area contributed by atoms with Gasteiger partial charge in [-0.3, -0.25) is 4.90 Å². The van der Waals surface area contributed by atoms with Crippen molar-refractivity contribution in [2.24, 2.45) is 5.92 Å². The van der Waals surface area contributed by atoms with E-state index in [0.717, 1.165) is 12.3 Å². The maximum Gasteiger partial charge on any atom is 0.110 e. The van der Waals surface area contributed by atoms with Gasteiger partial charge in [-0.05, 0) is 25.8 Å². The highest BCUT2D eigenvalue weighted by atomic mass is 32.1. The average molecular weight is 253 g/mol. The smallest absolute Gasteiger partial charge is 0.110 e. The number of piperidine rings is 1. The summed E-state index contributed by atoms with van der Waals surface area (Å²) in [6, 6.07) is 1.20. The first kappa shape index (κ1) is 13.0. The Balaban J connectivity index is 2.02. The van der Waals surface area contributed by atoms with Crippen molar-refractivity contribution < 1.29 is 0 Å². The van der Waals surface area contributed by atoms with Gasteiger partial charge in [-0.2, -0.15) is 0 Å². The first-order valence-electron chi connectivity index (χ1n) is 6.57. The lowest BCUT2D eigenvalue weighted by Gasteiger charge is -2.40. The van der Waals surface area contributed by atoms with E-state index in [4.69, 9.17) is 0 Å². The lowest BCUT2D eigenvalue weighted by Crippen LogP contribution is -2.48. The molecule has 0 bridgehead atoms. The van der Waals surface area contributed by atoms with E-state index in [0.29, 0.717) is 12.1 Å². The lowest BCUT2D eigenvalue weighted by molar-refractivity contribution is 0.103. The molecule has 1 aliphatic rings. The Hall–Kier alpha value is -0.450. The van der Waals surface area contributed by atoms with Crippen molar-refractivity contribution >= 4 is 11.3 Å². The minimum absolute atomic E-state index is 0.523. The zero-order valence-corrected chi connectivity index (χ0v) is 11.8. The zero-order chi connectivity index (χ0) is 12.3. The van der Waals surface area contributed by atoms with Crippen molar-refractivity contribution in [2.45, 2.75) is 38.8 Å². The molecule has 1 fully saturated rings. The second-order valence-corrected chi connectivity index (χ2v) is 5.88. The highest BCUT2D eigenvalue weighted by Crippen LogP contribution is 2.30. The molecule has 1 aromatic heterocycles. The van der Waals surface area contributed by atoms with Crippen LogP contribution in [0.5, 0.6) is 0 Å². The van der Waals surface area contributed by atoms with E-state index >= 15 is 0 Å². The second-order valence-electron chi connectivity index (χ2n) is 4.95. The summed E-state index contributed by atoms with van der Waals surface area (Å²) in [6.45, 7) is 6.99. The molecule has 1 aliphatic heterocycles. The van der Waals surface area contributed by atoms with Crippen molar-refractivity contribution in [1.82, 2.24) is 15.2 Å². The van der Waals surface area contributed by atoms with E-state index in [2.05, 4.69) is 41.5 Å². The van der Waals surface area contributed by atoms with Gasteiger partial charge >= 0.3 is 0 Å². The summed E-state index contributed by atoms with van der Waals surface area (Å²) in [5.41, 5.74) is 0. The Bertz CT molecular complexity index is 325. The van der Waals surface area contributed by atoms with Crippen LogP contribution >= 0.6 is 11.3 Å². The number of nitrogens with zero attached hydrogens (tertiary/aromatic N) is 2. The van der Waals surface area contributed by atoms with Crippen LogP contribution in [-0.4, -0.2) is 36.1 Å². The van der Waals surface area contributed by atoms with Crippen LogP contribution < -0.4 is 5.32 Å². The molecular weight excluding hydrogens is 230 g/mol. The fourth-order valence-electron chi connectivity index (χ4n) is 2.88. The van der Waals surface area contributed by atoms with E-state index < -0.39 is 0 Å². The van der Waals surface area contributed by atoms with Crippen LogP contribution in [0.15, 0.2) is 11.6 Å². The van der Waals surface area contributed by atoms with Crippen molar-refractivity contribution in [2.75, 3.05) is 20.1 Å². The Morgan fingerprint density at radius 1 is 1.65 bits per heavy atom. The first-order valence-corrected chi connectivity index (χ1v) is 7.45. The van der Waals surface area contributed by atoms with E-state index in [1.54, 1.807) is 11.3 Å². The number of nitrogens with one attached hydrogen (secondary N) is 1. The molecule has 96 valence electrons. The Kier molecular flexibility index (Phi) is 4.54. The van der Waals surface area contributed by atoms with Gasteiger partial charge in [-0.15, -0.1) is 11.3 Å². The molecule has 1 N–H and O–H groups in total. The number of likely N-dealkylation sites (tertiary alicyclic amines) is 1. The van der Waals surface area contributed by atoms with E-state index in [1.165, 1.54) is 24.5 Å². The number of hydrogen-bond donors (Lipinski definition) is 1. The van der Waals surface area contributed by atoms with Gasteiger partial charge in [-0.1, -0.05) is 13.8 Å². The van der Waals surface area contributed by atoms with Crippen molar-refractivity contribution in [3.05, 3.63) is 16.6 Å². The molecule has 1 saturated heterocycles. The first-order chi connectivity index (χ1) is 8.26. The maximum absolute atomic E-state index is 4.49. The Morgan fingerprint density at radius 3 is 3.00 bits per heavy atom. The fraction of sp³-hybridized carbons (Fsp3) is 0.769. The van der Waals surface area contributed by atoms with Crippen LogP contribution in [0.4, 0.5) is 0 Å². The molecule has 0 aromatic carbocycles. The predicted molar refractivity (Wildman–Crippen MR) is 73.3 cm³/mol. The van der Waals surface area contributed by atoms with Gasteiger partial charge < -0.3 is 5.32 Å². The molecule has 1 aromatic rings. The molecule has 0 aliphatic carbocycles. The topological polar surface area (TPSA) is 28.2 Å². The highest BCUT2D eigenvalue weighted by Gasteiger charge is 2.29. The van der Waals surface area contributed by atoms with Gasteiger partial charge in [0.1, 0.15) is 5.01 Å². The minimum atomic E-state index is 0.523. The predicted octanol–water partition coefficient (Wildman–Crippen LogP) is 2.52. The van der Waals surface area contributed by atoms with Crippen molar-refractivity contribution in [3.63, 3.8) is 0 Å². The third kappa shape index (κ3) is 2.87. The lowest BCUT2D eigenvalue weighted by atomic mass is 9.92. The third-order valence-electron chi connectivity index (χ3n) is 3.87. The second kappa shape index (κ2) is 5.94. The third-order valence-corrected chi connectivity index (χ3v) is 4.75. The molecule has 2 rings (SSSR count). The van der Waals surface area contributed by atoms with Gasteiger partial charge in [0, 0.05) is 30.7 Å². The maximum atomic E-state index is 4.49. The number of hydrogen-bond acceptors (Lipinski definition) is 4. The fourth-order valence-corrected chi connectivity index (χ4v) is 3.73. The number of thiazole rings is 1. The number of aromatic nitrogens is 1. The van der Waals surface area contributed by atoms with Crippen LogP contribution in [-0.2, 0) is 0 Å². The van der Waals surface area contributed by atoms with Crippen LogP contribution in [0.1, 0.15) is 37.7 Å². The summed E-state index contributed by atoms with van der Waals surface area (Å²) in [5, 5.41) is 6.79. The van der Waals surface area contributed by atoms with Crippen LogP contribution in [0.2, 0.25) is 0 Å². The van der Waals surface area contributed by atoms with E-state index in [-0.39, 0.29) is 0 Å². The molecule has 0 amide bonds. The average Bonchev–Trinajstić information content (AvgIpc) is 2.84. The van der Waals surface area contributed by atoms with E-state index in [1.807, 2.05) is 6.20 Å². The summed E-state index contributed by atoms with van der Waals surface area (Å²) in [4.78, 5) is 7.10. The monoisotopic (exact) mass is 253 g/mol. The van der Waals surface area contributed by atoms with Gasteiger partial charge in [0.25, 0.3) is 0 Å². The van der Waals surface area contributed by atoms with Gasteiger partial charge in [0.2, 0.25) is 0 Å². The standard InChI is InChI=1S/C13H23N3S/c1-4-12(13-15-6-8-17-13)16-7-5-11(14-3)10(2)9-16/h6,8,10-12,14H,4-5,7,9H2,1-3H3. The molecule has 3 unspecified atom stereocenters. The molecule has 3 nitrogen and oxygen atoms in total. The minimum Gasteiger partial charge on any atom is -0.317 e. The molecule has 0 spiro atoms.